The molecule has 0 spiro atoms. The molecule has 2 saturated heterocycles. The molecule has 11 nitrogen and oxygen atoms in total. The first-order chi connectivity index (χ1) is 17.9. The smallest absolute Gasteiger partial charge is 0.233 e. The summed E-state index contributed by atoms with van der Waals surface area (Å²) < 4.78 is 38.0. The highest BCUT2D eigenvalue weighted by Crippen LogP contribution is 2.35. The van der Waals surface area contributed by atoms with Gasteiger partial charge < -0.3 is 20.2 Å². The summed E-state index contributed by atoms with van der Waals surface area (Å²) >= 11 is 0. The molecule has 3 aromatic heterocycles. The van der Waals surface area contributed by atoms with Crippen LogP contribution in [0.25, 0.3) is 10.8 Å². The number of aromatic nitrogens is 5. The number of fused-ring (bicyclic) bond motifs is 1. The lowest BCUT2D eigenvalue weighted by molar-refractivity contribution is -0.00860. The van der Waals surface area contributed by atoms with Gasteiger partial charge in [-0.3, -0.25) is 0 Å². The number of nitrogens with one attached hydrogen (secondary N) is 1. The third-order valence-electron chi connectivity index (χ3n) is 7.15. The molecule has 0 radical (unpaired) electrons. The zero-order chi connectivity index (χ0) is 27.2. The Hall–Kier alpha value is -3.19. The first kappa shape index (κ1) is 26.4. The second-order valence-corrected chi connectivity index (χ2v) is 13.1. The maximum Gasteiger partial charge on any atom is 0.233 e. The maximum absolute atomic E-state index is 14.7. The predicted molar refractivity (Wildman–Crippen MR) is 145 cm³/mol. The Morgan fingerprint density at radius 2 is 1.92 bits per heavy atom. The lowest BCUT2D eigenvalue weighted by atomic mass is 9.94. The molecule has 0 bridgehead atoms. The molecule has 0 amide bonds. The van der Waals surface area contributed by atoms with Crippen molar-refractivity contribution in [3.05, 3.63) is 30.4 Å². The number of pyridine rings is 2. The van der Waals surface area contributed by atoms with Crippen LogP contribution in [0.2, 0.25) is 0 Å². The Bertz CT molecular complexity index is 1450. The highest BCUT2D eigenvalue weighted by atomic mass is 32.2. The van der Waals surface area contributed by atoms with Gasteiger partial charge in [0, 0.05) is 49.6 Å². The normalized spacial score (nSPS) is 22.7. The minimum atomic E-state index is -3.02. The molecule has 0 aromatic carbocycles. The number of piperidine rings is 1. The summed E-state index contributed by atoms with van der Waals surface area (Å²) in [4.78, 5) is 25.9. The van der Waals surface area contributed by atoms with E-state index >= 15 is 0 Å². The van der Waals surface area contributed by atoms with Crippen molar-refractivity contribution in [2.75, 3.05) is 53.3 Å². The summed E-state index contributed by atoms with van der Waals surface area (Å²) in [7, 11) is -3.02. The molecule has 204 valence electrons. The number of alkyl halides is 1. The molecule has 2 atom stereocenters. The molecule has 2 N–H and O–H groups in total. The monoisotopic (exact) mass is 544 g/mol. The van der Waals surface area contributed by atoms with Crippen LogP contribution in [0, 0.1) is 5.92 Å². The molecule has 2 aliphatic rings. The van der Waals surface area contributed by atoms with E-state index in [1.54, 1.807) is 11.1 Å². The molecule has 38 heavy (non-hydrogen) atoms. The van der Waals surface area contributed by atoms with Gasteiger partial charge in [0.1, 0.15) is 27.8 Å². The summed E-state index contributed by atoms with van der Waals surface area (Å²) in [6.45, 7) is 7.27. The van der Waals surface area contributed by atoms with Crippen LogP contribution >= 0.6 is 0 Å². The van der Waals surface area contributed by atoms with E-state index in [1.807, 2.05) is 12.3 Å². The minimum Gasteiger partial charge on any atom is -0.390 e. The molecular weight excluding hydrogens is 511 g/mol. The predicted octanol–water partition coefficient (Wildman–Crippen LogP) is 2.46. The van der Waals surface area contributed by atoms with Gasteiger partial charge in [0.05, 0.1) is 18.4 Å². The number of anilines is 4. The van der Waals surface area contributed by atoms with E-state index in [-0.39, 0.29) is 36.5 Å². The largest absolute Gasteiger partial charge is 0.390 e. The third kappa shape index (κ3) is 5.48. The summed E-state index contributed by atoms with van der Waals surface area (Å²) in [6.07, 6.45) is 5.53. The molecular formula is C25H33FN8O3S. The van der Waals surface area contributed by atoms with Crippen LogP contribution in [0.3, 0.4) is 0 Å². The number of sulfone groups is 1. The van der Waals surface area contributed by atoms with Crippen molar-refractivity contribution >= 4 is 44.1 Å². The standard InChI is InChI=1S/C25H33FN8O3S/c1-15(2)18-8-28-22(34-10-16(11-34)12-38(4,36)37)19-9-27-21(7-17(18)19)31-23-29-14-30-24(32-23)33-6-5-20(35)25(3,26)13-33/h7-9,14-16,20,35H,5-6,10-13H2,1-4H3,(H,27,29,30,31,32)/t20-,25+/m1/s1. The SMILES string of the molecule is CC(C)c1cnc(N2CC(CS(C)(=O)=O)C2)c2cnc(Nc3ncnc(N4CC[C@@H](O)[C@@](C)(F)C4)n3)cc12. The van der Waals surface area contributed by atoms with Crippen LogP contribution in [-0.4, -0.2) is 88.4 Å². The lowest BCUT2D eigenvalue weighted by Crippen LogP contribution is -2.52. The zero-order valence-corrected chi connectivity index (χ0v) is 22.8. The van der Waals surface area contributed by atoms with Crippen molar-refractivity contribution < 1.29 is 17.9 Å². The molecule has 2 fully saturated rings. The van der Waals surface area contributed by atoms with E-state index in [0.717, 1.165) is 22.2 Å². The molecule has 3 aromatic rings. The Balaban J connectivity index is 1.39. The van der Waals surface area contributed by atoms with Crippen LogP contribution in [-0.2, 0) is 9.84 Å². The van der Waals surface area contributed by atoms with Crippen molar-refractivity contribution in [1.82, 2.24) is 24.9 Å². The van der Waals surface area contributed by atoms with Gasteiger partial charge in [-0.1, -0.05) is 13.8 Å². The van der Waals surface area contributed by atoms with Crippen LogP contribution < -0.4 is 15.1 Å². The van der Waals surface area contributed by atoms with Crippen molar-refractivity contribution in [2.24, 2.45) is 5.92 Å². The maximum atomic E-state index is 14.7. The van der Waals surface area contributed by atoms with E-state index < -0.39 is 21.6 Å². The summed E-state index contributed by atoms with van der Waals surface area (Å²) in [6, 6.07) is 1.93. The van der Waals surface area contributed by atoms with Gasteiger partial charge in [-0.15, -0.1) is 0 Å². The van der Waals surface area contributed by atoms with Gasteiger partial charge in [-0.25, -0.2) is 32.7 Å². The van der Waals surface area contributed by atoms with E-state index in [0.29, 0.717) is 31.4 Å². The zero-order valence-electron chi connectivity index (χ0n) is 22.0. The number of hydrogen-bond donors (Lipinski definition) is 2. The molecule has 0 unspecified atom stereocenters. The quantitative estimate of drug-likeness (QED) is 0.454. The van der Waals surface area contributed by atoms with E-state index in [4.69, 9.17) is 4.98 Å². The molecule has 5 rings (SSSR count). The second-order valence-electron chi connectivity index (χ2n) is 10.9. The van der Waals surface area contributed by atoms with Gasteiger partial charge in [0.15, 0.2) is 5.67 Å². The first-order valence-corrected chi connectivity index (χ1v) is 14.7. The van der Waals surface area contributed by atoms with Gasteiger partial charge in [-0.2, -0.15) is 4.98 Å². The fourth-order valence-corrected chi connectivity index (χ4v) is 6.19. The van der Waals surface area contributed by atoms with Crippen LogP contribution in [0.4, 0.5) is 27.9 Å². The van der Waals surface area contributed by atoms with Gasteiger partial charge in [0.2, 0.25) is 11.9 Å². The third-order valence-corrected chi connectivity index (χ3v) is 8.22. The number of halogens is 1. The molecule has 2 aliphatic heterocycles. The van der Waals surface area contributed by atoms with E-state index in [1.165, 1.54) is 19.5 Å². The average molecular weight is 545 g/mol. The average Bonchev–Trinajstić information content (AvgIpc) is 2.81. The van der Waals surface area contributed by atoms with Crippen molar-refractivity contribution in [3.63, 3.8) is 0 Å². The van der Waals surface area contributed by atoms with Gasteiger partial charge in [-0.05, 0) is 36.3 Å². The van der Waals surface area contributed by atoms with Crippen LogP contribution in [0.5, 0.6) is 0 Å². The lowest BCUT2D eigenvalue weighted by Gasteiger charge is -2.40. The fraction of sp³-hybridized carbons (Fsp3) is 0.560. The Morgan fingerprint density at radius 3 is 2.61 bits per heavy atom. The van der Waals surface area contributed by atoms with Gasteiger partial charge in [0.25, 0.3) is 0 Å². The number of aliphatic hydroxyl groups is 1. The highest BCUT2D eigenvalue weighted by molar-refractivity contribution is 7.90. The van der Waals surface area contributed by atoms with Crippen molar-refractivity contribution in [3.8, 4) is 0 Å². The van der Waals surface area contributed by atoms with Crippen LogP contribution in [0.1, 0.15) is 38.7 Å². The van der Waals surface area contributed by atoms with Crippen molar-refractivity contribution in [2.45, 2.75) is 44.9 Å². The van der Waals surface area contributed by atoms with Gasteiger partial charge >= 0.3 is 0 Å². The summed E-state index contributed by atoms with van der Waals surface area (Å²) in [5.41, 5.74) is -0.689. The number of nitrogens with zero attached hydrogens (tertiary/aromatic N) is 7. The Kier molecular flexibility index (Phi) is 6.84. The summed E-state index contributed by atoms with van der Waals surface area (Å²) in [5.74, 6) is 2.42. The highest BCUT2D eigenvalue weighted by Gasteiger charge is 2.40. The molecule has 0 aliphatic carbocycles. The Labute approximate surface area is 221 Å². The number of aliphatic hydroxyl groups excluding tert-OH is 1. The minimum absolute atomic E-state index is 0.0130. The molecule has 5 heterocycles. The molecule has 13 heteroatoms. The van der Waals surface area contributed by atoms with E-state index in [9.17, 15) is 17.9 Å². The second kappa shape index (κ2) is 9.84. The van der Waals surface area contributed by atoms with Crippen molar-refractivity contribution in [1.29, 1.82) is 0 Å². The number of rotatable bonds is 7. The van der Waals surface area contributed by atoms with Crippen LogP contribution in [0.15, 0.2) is 24.8 Å². The van der Waals surface area contributed by atoms with E-state index in [2.05, 4.69) is 44.0 Å². The topological polar surface area (TPSA) is 137 Å². The fourth-order valence-electron chi connectivity index (χ4n) is 5.12. The summed E-state index contributed by atoms with van der Waals surface area (Å²) in [5, 5.41) is 14.9. The Morgan fingerprint density at radius 1 is 1.16 bits per heavy atom. The first-order valence-electron chi connectivity index (χ1n) is 12.7. The number of hydrogen-bond acceptors (Lipinski definition) is 11. The molecule has 0 saturated carbocycles.